The summed E-state index contributed by atoms with van der Waals surface area (Å²) >= 11 is 6.32. The molecule has 0 bridgehead atoms. The summed E-state index contributed by atoms with van der Waals surface area (Å²) in [6.07, 6.45) is 4.82. The van der Waals surface area contributed by atoms with Gasteiger partial charge in [-0.25, -0.2) is 4.39 Å². The Balaban J connectivity index is 1.73. The number of nitro groups is 1. The summed E-state index contributed by atoms with van der Waals surface area (Å²) in [7, 11) is 1.80. The maximum absolute atomic E-state index is 14.3. The van der Waals surface area contributed by atoms with Crippen molar-refractivity contribution >= 4 is 17.4 Å². The largest absolute Gasteiger partial charge is 0.478 e. The standard InChI is InChI=1S/C23H22ClFN6O3/c1-4-30-13-16(22(24)28-30)10-15-12-29(3)27-21(15)18-8-7-17(25)11-19(18)14(2)34-20-6-5-9-26-23(20)31(32)33/h5-9,11-14H,4,10H2,1-3H3/t14-/m0/s1. The second kappa shape index (κ2) is 9.60. The summed E-state index contributed by atoms with van der Waals surface area (Å²) in [6, 6.07) is 7.32. The van der Waals surface area contributed by atoms with Gasteiger partial charge in [0.05, 0.1) is 5.69 Å². The first-order chi connectivity index (χ1) is 16.3. The summed E-state index contributed by atoms with van der Waals surface area (Å²) in [5.74, 6) is -0.872. The van der Waals surface area contributed by atoms with Crippen LogP contribution in [-0.2, 0) is 20.0 Å². The minimum atomic E-state index is -0.727. The number of ether oxygens (including phenoxy) is 1. The first-order valence-electron chi connectivity index (χ1n) is 10.6. The van der Waals surface area contributed by atoms with E-state index in [-0.39, 0.29) is 5.75 Å². The molecule has 1 aromatic carbocycles. The van der Waals surface area contributed by atoms with E-state index in [0.29, 0.717) is 34.9 Å². The number of aromatic nitrogens is 5. The van der Waals surface area contributed by atoms with E-state index in [1.54, 1.807) is 35.5 Å². The fourth-order valence-corrected chi connectivity index (χ4v) is 3.98. The van der Waals surface area contributed by atoms with Crippen LogP contribution in [0.4, 0.5) is 10.2 Å². The molecule has 0 radical (unpaired) electrons. The van der Waals surface area contributed by atoms with Gasteiger partial charge in [0.25, 0.3) is 0 Å². The molecule has 0 amide bonds. The molecule has 0 unspecified atom stereocenters. The number of hydrogen-bond acceptors (Lipinski definition) is 6. The van der Waals surface area contributed by atoms with Crippen LogP contribution in [0.15, 0.2) is 48.9 Å². The predicted octanol–water partition coefficient (Wildman–Crippen LogP) is 5.13. The number of halogens is 2. The fourth-order valence-electron chi connectivity index (χ4n) is 3.77. The zero-order chi connectivity index (χ0) is 24.4. The Hall–Kier alpha value is -3.79. The number of rotatable bonds is 8. The van der Waals surface area contributed by atoms with Crippen molar-refractivity contribution in [3.05, 3.63) is 86.7 Å². The topological polar surface area (TPSA) is 101 Å². The van der Waals surface area contributed by atoms with Gasteiger partial charge in [-0.3, -0.25) is 9.36 Å². The van der Waals surface area contributed by atoms with Gasteiger partial charge in [-0.2, -0.15) is 10.2 Å². The second-order valence-corrected chi connectivity index (χ2v) is 8.09. The van der Waals surface area contributed by atoms with Gasteiger partial charge >= 0.3 is 5.82 Å². The van der Waals surface area contributed by atoms with Crippen LogP contribution < -0.4 is 4.74 Å². The van der Waals surface area contributed by atoms with Gasteiger partial charge in [-0.15, -0.1) is 0 Å². The van der Waals surface area contributed by atoms with Crippen molar-refractivity contribution in [1.29, 1.82) is 0 Å². The number of hydrogen-bond donors (Lipinski definition) is 0. The van der Waals surface area contributed by atoms with Gasteiger partial charge in [0.1, 0.15) is 18.1 Å². The lowest BCUT2D eigenvalue weighted by atomic mass is 9.96. The number of pyridine rings is 1. The maximum atomic E-state index is 14.3. The minimum Gasteiger partial charge on any atom is -0.478 e. The lowest BCUT2D eigenvalue weighted by Gasteiger charge is -2.18. The van der Waals surface area contributed by atoms with Gasteiger partial charge in [-0.1, -0.05) is 11.6 Å². The first-order valence-corrected chi connectivity index (χ1v) is 10.9. The molecule has 0 N–H and O–H groups in total. The average molecular weight is 485 g/mol. The molecule has 34 heavy (non-hydrogen) atoms. The van der Waals surface area contributed by atoms with E-state index in [0.717, 1.165) is 11.1 Å². The van der Waals surface area contributed by atoms with Gasteiger partial charge in [0.15, 0.2) is 5.15 Å². The maximum Gasteiger partial charge on any atom is 0.406 e. The van der Waals surface area contributed by atoms with Gasteiger partial charge in [0.2, 0.25) is 5.75 Å². The van der Waals surface area contributed by atoms with Gasteiger partial charge in [0, 0.05) is 54.7 Å². The van der Waals surface area contributed by atoms with Gasteiger partial charge < -0.3 is 14.9 Å². The van der Waals surface area contributed by atoms with E-state index < -0.39 is 22.7 Å². The molecule has 4 rings (SSSR count). The molecular weight excluding hydrogens is 463 g/mol. The summed E-state index contributed by atoms with van der Waals surface area (Å²) in [5, 5.41) is 20.6. The molecule has 0 saturated carbocycles. The Bertz CT molecular complexity index is 1350. The van der Waals surface area contributed by atoms with Crippen LogP contribution in [0.25, 0.3) is 11.3 Å². The van der Waals surface area contributed by atoms with Crippen LogP contribution in [0.3, 0.4) is 0 Å². The Morgan fingerprint density at radius 1 is 1.24 bits per heavy atom. The van der Waals surface area contributed by atoms with Crippen LogP contribution in [0.1, 0.15) is 36.6 Å². The Morgan fingerprint density at radius 3 is 2.74 bits per heavy atom. The van der Waals surface area contributed by atoms with Crippen molar-refractivity contribution in [2.24, 2.45) is 7.05 Å². The number of nitrogens with zero attached hydrogens (tertiary/aromatic N) is 6. The van der Waals surface area contributed by atoms with Crippen molar-refractivity contribution < 1.29 is 14.1 Å². The van der Waals surface area contributed by atoms with E-state index >= 15 is 0 Å². The second-order valence-electron chi connectivity index (χ2n) is 7.73. The molecule has 1 atom stereocenters. The van der Waals surface area contributed by atoms with E-state index in [9.17, 15) is 14.5 Å². The van der Waals surface area contributed by atoms with Crippen LogP contribution >= 0.6 is 11.6 Å². The highest BCUT2D eigenvalue weighted by Crippen LogP contribution is 2.35. The molecule has 11 heteroatoms. The van der Waals surface area contributed by atoms with Crippen LogP contribution in [0, 0.1) is 15.9 Å². The minimum absolute atomic E-state index is 0.00443. The Labute approximate surface area is 199 Å². The van der Waals surface area contributed by atoms with E-state index in [1.807, 2.05) is 19.3 Å². The first kappa shape index (κ1) is 23.4. The number of aryl methyl sites for hydroxylation is 2. The molecule has 9 nitrogen and oxygen atoms in total. The van der Waals surface area contributed by atoms with E-state index in [1.165, 1.54) is 24.4 Å². The third kappa shape index (κ3) is 4.76. The molecule has 3 heterocycles. The SMILES string of the molecule is CCn1cc(Cc2cn(C)nc2-c2ccc(F)cc2[C@H](C)Oc2cccnc2[N+](=O)[O-])c(Cl)n1. The predicted molar refractivity (Wildman–Crippen MR) is 124 cm³/mol. The molecule has 4 aromatic rings. The summed E-state index contributed by atoms with van der Waals surface area (Å²) < 4.78 is 23.6. The highest BCUT2D eigenvalue weighted by molar-refractivity contribution is 6.30. The van der Waals surface area contributed by atoms with Crippen LogP contribution in [0.5, 0.6) is 5.75 Å². The summed E-state index contributed by atoms with van der Waals surface area (Å²) in [6.45, 7) is 4.36. The molecule has 0 saturated heterocycles. The summed E-state index contributed by atoms with van der Waals surface area (Å²) in [4.78, 5) is 14.5. The quantitative estimate of drug-likeness (QED) is 0.254. The van der Waals surface area contributed by atoms with Crippen molar-refractivity contribution in [2.75, 3.05) is 0 Å². The highest BCUT2D eigenvalue weighted by atomic mass is 35.5. The Morgan fingerprint density at radius 2 is 2.03 bits per heavy atom. The van der Waals surface area contributed by atoms with Crippen molar-refractivity contribution in [3.8, 4) is 17.0 Å². The zero-order valence-corrected chi connectivity index (χ0v) is 19.5. The molecule has 176 valence electrons. The fraction of sp³-hybridized carbons (Fsp3) is 0.261. The monoisotopic (exact) mass is 484 g/mol. The number of benzene rings is 1. The van der Waals surface area contributed by atoms with Crippen molar-refractivity contribution in [2.45, 2.75) is 32.9 Å². The highest BCUT2D eigenvalue weighted by Gasteiger charge is 2.23. The third-order valence-corrected chi connectivity index (χ3v) is 5.65. The zero-order valence-electron chi connectivity index (χ0n) is 18.8. The molecule has 0 fully saturated rings. The molecule has 0 aliphatic carbocycles. The van der Waals surface area contributed by atoms with Crippen LogP contribution in [-0.4, -0.2) is 29.5 Å². The molecule has 3 aromatic heterocycles. The third-order valence-electron chi connectivity index (χ3n) is 5.33. The lowest BCUT2D eigenvalue weighted by Crippen LogP contribution is -2.08. The van der Waals surface area contributed by atoms with Crippen molar-refractivity contribution in [1.82, 2.24) is 24.5 Å². The lowest BCUT2D eigenvalue weighted by molar-refractivity contribution is -0.390. The summed E-state index contributed by atoms with van der Waals surface area (Å²) in [5.41, 5.74) is 3.49. The normalized spacial score (nSPS) is 12.0. The smallest absolute Gasteiger partial charge is 0.406 e. The Kier molecular flexibility index (Phi) is 6.60. The van der Waals surface area contributed by atoms with E-state index in [4.69, 9.17) is 16.3 Å². The van der Waals surface area contributed by atoms with Gasteiger partial charge in [-0.05, 0) is 54.1 Å². The molecular formula is C23H22ClFN6O3. The van der Waals surface area contributed by atoms with Crippen LogP contribution in [0.2, 0.25) is 5.15 Å². The van der Waals surface area contributed by atoms with Crippen molar-refractivity contribution in [3.63, 3.8) is 0 Å². The molecule has 0 aliphatic heterocycles. The molecule has 0 spiro atoms. The molecule has 0 aliphatic rings. The van der Waals surface area contributed by atoms with E-state index in [2.05, 4.69) is 15.2 Å². The average Bonchev–Trinajstić information content (AvgIpc) is 3.35.